The number of aryl methyl sites for hydroxylation is 1. The Morgan fingerprint density at radius 2 is 2.06 bits per heavy atom. The fourth-order valence-electron chi connectivity index (χ4n) is 1.87. The maximum Gasteiger partial charge on any atom is 0.0639 e. The molecule has 0 saturated heterocycles. The van der Waals surface area contributed by atoms with E-state index in [1.807, 2.05) is 0 Å². The summed E-state index contributed by atoms with van der Waals surface area (Å²) in [7, 11) is 1.77. The van der Waals surface area contributed by atoms with E-state index < -0.39 is 0 Å². The Kier molecular flexibility index (Phi) is 3.59. The molecule has 0 radical (unpaired) electrons. The summed E-state index contributed by atoms with van der Waals surface area (Å²) in [5.74, 6) is 0. The first-order valence-corrected chi connectivity index (χ1v) is 6.61. The number of benzene rings is 1. The summed E-state index contributed by atoms with van der Waals surface area (Å²) in [6.07, 6.45) is 3.14. The number of hydrogen-bond donors (Lipinski definition) is 0. The molecule has 0 unspecified atom stereocenters. The molecule has 1 aromatic heterocycles. The number of nitrogens with zero attached hydrogens (tertiary/aromatic N) is 1. The molecule has 0 fully saturated rings. The maximum absolute atomic E-state index is 5.45. The first-order chi connectivity index (χ1) is 8.03. The zero-order chi connectivity index (χ0) is 12.5. The highest BCUT2D eigenvalue weighted by Crippen LogP contribution is 2.25. The largest absolute Gasteiger partial charge is 0.379 e. The van der Waals surface area contributed by atoms with Gasteiger partial charge in [0.1, 0.15) is 0 Å². The van der Waals surface area contributed by atoms with Crippen molar-refractivity contribution in [2.75, 3.05) is 7.11 Å². The molecule has 17 heavy (non-hydrogen) atoms. The molecule has 2 nitrogen and oxygen atoms in total. The predicted octanol–water partition coefficient (Wildman–Crippen LogP) is 4.22. The minimum Gasteiger partial charge on any atom is -0.379 e. The van der Waals surface area contributed by atoms with E-state index in [0.717, 1.165) is 17.4 Å². The van der Waals surface area contributed by atoms with Crippen molar-refractivity contribution in [1.82, 2.24) is 4.57 Å². The van der Waals surface area contributed by atoms with Gasteiger partial charge in [0.2, 0.25) is 0 Å². The van der Waals surface area contributed by atoms with Crippen LogP contribution in [0, 0.1) is 0 Å². The lowest BCUT2D eigenvalue weighted by Gasteiger charge is -2.23. The van der Waals surface area contributed by atoms with Crippen molar-refractivity contribution in [3.8, 4) is 0 Å². The first-order valence-electron chi connectivity index (χ1n) is 5.82. The molecular weight excluding hydrogens is 278 g/mol. The Bertz CT molecular complexity index is 516. The van der Waals surface area contributed by atoms with Gasteiger partial charge in [-0.1, -0.05) is 22.0 Å². The summed E-state index contributed by atoms with van der Waals surface area (Å²) in [5, 5.41) is 1.27. The minimum absolute atomic E-state index is 0.0669. The monoisotopic (exact) mass is 295 g/mol. The van der Waals surface area contributed by atoms with Gasteiger partial charge in [0.15, 0.2) is 0 Å². The molecule has 0 spiro atoms. The van der Waals surface area contributed by atoms with Crippen LogP contribution in [0.4, 0.5) is 0 Å². The van der Waals surface area contributed by atoms with Crippen LogP contribution in [0.3, 0.4) is 0 Å². The van der Waals surface area contributed by atoms with Crippen LogP contribution in [0.5, 0.6) is 0 Å². The van der Waals surface area contributed by atoms with Gasteiger partial charge in [0, 0.05) is 35.2 Å². The van der Waals surface area contributed by atoms with Crippen molar-refractivity contribution in [2.45, 2.75) is 32.4 Å². The van der Waals surface area contributed by atoms with E-state index in [1.165, 1.54) is 10.9 Å². The van der Waals surface area contributed by atoms with Crippen LogP contribution in [0.15, 0.2) is 34.9 Å². The highest BCUT2D eigenvalue weighted by Gasteiger charge is 2.16. The topological polar surface area (TPSA) is 14.2 Å². The summed E-state index contributed by atoms with van der Waals surface area (Å²) >= 11 is 3.58. The zero-order valence-corrected chi connectivity index (χ0v) is 12.1. The fourth-order valence-corrected chi connectivity index (χ4v) is 2.36. The summed E-state index contributed by atoms with van der Waals surface area (Å²) < 4.78 is 8.88. The molecule has 0 amide bonds. The Morgan fingerprint density at radius 1 is 1.29 bits per heavy atom. The second-order valence-corrected chi connectivity index (χ2v) is 5.75. The summed E-state index contributed by atoms with van der Waals surface area (Å²) in [5.41, 5.74) is 1.20. The summed E-state index contributed by atoms with van der Waals surface area (Å²) in [6.45, 7) is 5.21. The molecule has 0 atom stereocenters. The van der Waals surface area contributed by atoms with Gasteiger partial charge in [-0.05, 0) is 38.5 Å². The van der Waals surface area contributed by atoms with Gasteiger partial charge >= 0.3 is 0 Å². The van der Waals surface area contributed by atoms with Crippen molar-refractivity contribution in [2.24, 2.45) is 0 Å². The third-order valence-corrected chi connectivity index (χ3v) is 3.96. The molecular formula is C14H18BrNO. The van der Waals surface area contributed by atoms with Gasteiger partial charge in [-0.25, -0.2) is 0 Å². The van der Waals surface area contributed by atoms with Crippen molar-refractivity contribution in [1.29, 1.82) is 0 Å². The van der Waals surface area contributed by atoms with Crippen LogP contribution in [0.25, 0.3) is 10.9 Å². The molecule has 2 aromatic rings. The molecule has 92 valence electrons. The van der Waals surface area contributed by atoms with E-state index >= 15 is 0 Å². The van der Waals surface area contributed by atoms with Crippen molar-refractivity contribution < 1.29 is 4.74 Å². The predicted molar refractivity (Wildman–Crippen MR) is 75.3 cm³/mol. The van der Waals surface area contributed by atoms with Crippen molar-refractivity contribution in [3.05, 3.63) is 34.9 Å². The normalized spacial score (nSPS) is 12.2. The zero-order valence-electron chi connectivity index (χ0n) is 10.5. The fraction of sp³-hybridized carbons (Fsp3) is 0.429. The van der Waals surface area contributed by atoms with Gasteiger partial charge in [-0.2, -0.15) is 0 Å². The van der Waals surface area contributed by atoms with E-state index in [9.17, 15) is 0 Å². The number of halogens is 1. The SMILES string of the molecule is COC(C)(C)CCn1ccc2c(Br)cccc21. The van der Waals surface area contributed by atoms with Crippen LogP contribution in [-0.4, -0.2) is 17.3 Å². The van der Waals surface area contributed by atoms with E-state index in [4.69, 9.17) is 4.74 Å². The maximum atomic E-state index is 5.45. The Morgan fingerprint density at radius 3 is 2.76 bits per heavy atom. The average Bonchev–Trinajstić information content (AvgIpc) is 2.71. The number of rotatable bonds is 4. The van der Waals surface area contributed by atoms with E-state index in [1.54, 1.807) is 7.11 Å². The molecule has 0 N–H and O–H groups in total. The molecule has 1 aromatic carbocycles. The molecule has 0 bridgehead atoms. The standard InChI is InChI=1S/C14H18BrNO/c1-14(2,17-3)8-10-16-9-7-11-12(15)5-4-6-13(11)16/h4-7,9H,8,10H2,1-3H3. The lowest BCUT2D eigenvalue weighted by Crippen LogP contribution is -2.24. The molecule has 0 saturated carbocycles. The third kappa shape index (κ3) is 2.72. The van der Waals surface area contributed by atoms with Crippen molar-refractivity contribution in [3.63, 3.8) is 0 Å². The van der Waals surface area contributed by atoms with Crippen LogP contribution >= 0.6 is 15.9 Å². The molecule has 0 aliphatic heterocycles. The highest BCUT2D eigenvalue weighted by atomic mass is 79.9. The summed E-state index contributed by atoms with van der Waals surface area (Å²) in [6, 6.07) is 8.45. The average molecular weight is 296 g/mol. The summed E-state index contributed by atoms with van der Waals surface area (Å²) in [4.78, 5) is 0. The number of ether oxygens (including phenoxy) is 1. The molecule has 0 aliphatic rings. The van der Waals surface area contributed by atoms with Crippen molar-refractivity contribution >= 4 is 26.8 Å². The van der Waals surface area contributed by atoms with Gasteiger partial charge in [0.25, 0.3) is 0 Å². The van der Waals surface area contributed by atoms with Crippen LogP contribution in [0.2, 0.25) is 0 Å². The molecule has 3 heteroatoms. The number of fused-ring (bicyclic) bond motifs is 1. The van der Waals surface area contributed by atoms with E-state index in [2.05, 4.69) is 64.8 Å². The van der Waals surface area contributed by atoms with Crippen LogP contribution in [0.1, 0.15) is 20.3 Å². The quantitative estimate of drug-likeness (QED) is 0.824. The Labute approximate surface area is 111 Å². The van der Waals surface area contributed by atoms with Gasteiger partial charge < -0.3 is 9.30 Å². The third-order valence-electron chi connectivity index (χ3n) is 3.27. The molecule has 1 heterocycles. The highest BCUT2D eigenvalue weighted by molar-refractivity contribution is 9.10. The van der Waals surface area contributed by atoms with E-state index in [0.29, 0.717) is 0 Å². The van der Waals surface area contributed by atoms with Gasteiger partial charge in [0.05, 0.1) is 5.60 Å². The van der Waals surface area contributed by atoms with Crippen LogP contribution < -0.4 is 0 Å². The minimum atomic E-state index is -0.0669. The lowest BCUT2D eigenvalue weighted by atomic mass is 10.1. The number of aromatic nitrogens is 1. The van der Waals surface area contributed by atoms with Gasteiger partial charge in [-0.3, -0.25) is 0 Å². The lowest BCUT2D eigenvalue weighted by molar-refractivity contribution is 0.0123. The molecule has 0 aliphatic carbocycles. The molecule has 2 rings (SSSR count). The second kappa shape index (κ2) is 4.83. The number of methoxy groups -OCH3 is 1. The Balaban J connectivity index is 2.23. The van der Waals surface area contributed by atoms with Gasteiger partial charge in [-0.15, -0.1) is 0 Å². The number of hydrogen-bond acceptors (Lipinski definition) is 1. The van der Waals surface area contributed by atoms with E-state index in [-0.39, 0.29) is 5.60 Å². The van der Waals surface area contributed by atoms with Crippen LogP contribution in [-0.2, 0) is 11.3 Å². The Hall–Kier alpha value is -0.800. The second-order valence-electron chi connectivity index (χ2n) is 4.90. The smallest absolute Gasteiger partial charge is 0.0639 e. The first kappa shape index (κ1) is 12.7.